The number of likely N-dealkylation sites (tertiary alicyclic amines) is 1. The van der Waals surface area contributed by atoms with Gasteiger partial charge in [0.05, 0.1) is 5.69 Å². The molecule has 5 heteroatoms. The second-order valence-electron chi connectivity index (χ2n) is 7.28. The third-order valence-electron chi connectivity index (χ3n) is 4.02. The molecule has 1 N–H and O–H groups in total. The minimum Gasteiger partial charge on any atom is -0.444 e. The van der Waals surface area contributed by atoms with Gasteiger partial charge in [0.25, 0.3) is 0 Å². The third kappa shape index (κ3) is 4.03. The Labute approximate surface area is 137 Å². The van der Waals surface area contributed by atoms with Gasteiger partial charge in [0.2, 0.25) is 0 Å². The lowest BCUT2D eigenvalue weighted by molar-refractivity contribution is 0.00500. The highest BCUT2D eigenvalue weighted by Crippen LogP contribution is 2.23. The number of nitrogens with one attached hydrogen (secondary N) is 1. The highest BCUT2D eigenvalue weighted by Gasteiger charge is 2.32. The summed E-state index contributed by atoms with van der Waals surface area (Å²) >= 11 is 0. The topological polar surface area (TPSA) is 54.5 Å². The number of nitrogens with zero attached hydrogens (tertiary/aromatic N) is 2. The normalized spacial score (nSPS) is 18.3. The minimum absolute atomic E-state index is 0.224. The van der Waals surface area contributed by atoms with Gasteiger partial charge in [-0.05, 0) is 51.3 Å². The van der Waals surface area contributed by atoms with Gasteiger partial charge in [0.15, 0.2) is 0 Å². The average molecular weight is 315 g/mol. The highest BCUT2D eigenvalue weighted by atomic mass is 16.6. The van der Waals surface area contributed by atoms with Crippen molar-refractivity contribution in [2.24, 2.45) is 5.92 Å². The van der Waals surface area contributed by atoms with Gasteiger partial charge in [-0.2, -0.15) is 0 Å². The first kappa shape index (κ1) is 15.8. The number of aryl methyl sites for hydroxylation is 1. The first-order valence-electron chi connectivity index (χ1n) is 8.31. The minimum atomic E-state index is -0.432. The summed E-state index contributed by atoms with van der Waals surface area (Å²) in [6.45, 7) is 8.09. The van der Waals surface area contributed by atoms with Crippen LogP contribution in [0, 0.1) is 5.92 Å². The number of amides is 1. The molecule has 0 radical (unpaired) electrons. The second-order valence-corrected chi connectivity index (χ2v) is 7.28. The van der Waals surface area contributed by atoms with Crippen LogP contribution in [-0.2, 0) is 11.2 Å². The van der Waals surface area contributed by atoms with Crippen molar-refractivity contribution in [1.29, 1.82) is 0 Å². The molecule has 1 aromatic rings. The van der Waals surface area contributed by atoms with Crippen molar-refractivity contribution in [3.8, 4) is 0 Å². The zero-order valence-electron chi connectivity index (χ0n) is 14.1. The molecule has 0 unspecified atom stereocenters. The number of fused-ring (bicyclic) bond motifs is 1. The van der Waals surface area contributed by atoms with Gasteiger partial charge in [0, 0.05) is 25.6 Å². The lowest BCUT2D eigenvalue weighted by atomic mass is 9.99. The molecule has 0 aliphatic carbocycles. The van der Waals surface area contributed by atoms with Gasteiger partial charge in [-0.25, -0.2) is 9.78 Å². The van der Waals surface area contributed by atoms with Crippen molar-refractivity contribution >= 4 is 18.0 Å². The fourth-order valence-corrected chi connectivity index (χ4v) is 2.78. The zero-order chi connectivity index (χ0) is 16.4. The number of rotatable bonds is 2. The van der Waals surface area contributed by atoms with E-state index in [1.165, 1.54) is 12.0 Å². The molecule has 124 valence electrons. The molecule has 2 aliphatic heterocycles. The molecule has 0 bridgehead atoms. The van der Waals surface area contributed by atoms with E-state index in [9.17, 15) is 4.79 Å². The Kier molecular flexibility index (Phi) is 4.28. The van der Waals surface area contributed by atoms with Crippen LogP contribution in [0.25, 0.3) is 6.08 Å². The number of hydrogen-bond acceptors (Lipinski definition) is 4. The Morgan fingerprint density at radius 3 is 2.91 bits per heavy atom. The number of carbonyl (C=O) groups excluding carboxylic acids is 1. The SMILES string of the molecule is CC(C)(C)OC(=O)N1CC(C=Cc2ccc3c(n2)NCCC3)C1. The monoisotopic (exact) mass is 315 g/mol. The van der Waals surface area contributed by atoms with Crippen LogP contribution in [0.5, 0.6) is 0 Å². The van der Waals surface area contributed by atoms with Crippen molar-refractivity contribution in [3.05, 3.63) is 29.5 Å². The number of ether oxygens (including phenoxy) is 1. The molecule has 1 amide bonds. The van der Waals surface area contributed by atoms with E-state index >= 15 is 0 Å². The van der Waals surface area contributed by atoms with E-state index in [4.69, 9.17) is 4.74 Å². The van der Waals surface area contributed by atoms with E-state index in [0.29, 0.717) is 19.0 Å². The van der Waals surface area contributed by atoms with Crippen molar-refractivity contribution in [3.63, 3.8) is 0 Å². The van der Waals surface area contributed by atoms with Crippen molar-refractivity contribution in [2.75, 3.05) is 25.0 Å². The first-order valence-corrected chi connectivity index (χ1v) is 8.31. The summed E-state index contributed by atoms with van der Waals surface area (Å²) < 4.78 is 5.36. The number of aromatic nitrogens is 1. The molecule has 2 aliphatic rings. The molecular weight excluding hydrogens is 290 g/mol. The second kappa shape index (κ2) is 6.22. The Hall–Kier alpha value is -2.04. The van der Waals surface area contributed by atoms with Gasteiger partial charge in [0.1, 0.15) is 11.4 Å². The van der Waals surface area contributed by atoms with E-state index in [-0.39, 0.29) is 6.09 Å². The third-order valence-corrected chi connectivity index (χ3v) is 4.02. The zero-order valence-corrected chi connectivity index (χ0v) is 14.1. The number of pyridine rings is 1. The summed E-state index contributed by atoms with van der Waals surface area (Å²) in [5.41, 5.74) is 1.83. The highest BCUT2D eigenvalue weighted by molar-refractivity contribution is 5.69. The molecule has 1 fully saturated rings. The summed E-state index contributed by atoms with van der Waals surface area (Å²) in [7, 11) is 0. The predicted octanol–water partition coefficient (Wildman–Crippen LogP) is 3.32. The van der Waals surface area contributed by atoms with Crippen LogP contribution in [0.4, 0.5) is 10.6 Å². The maximum atomic E-state index is 11.9. The Bertz CT molecular complexity index is 613. The predicted molar refractivity (Wildman–Crippen MR) is 91.4 cm³/mol. The number of hydrogen-bond donors (Lipinski definition) is 1. The number of anilines is 1. The summed E-state index contributed by atoms with van der Waals surface area (Å²) in [6.07, 6.45) is 6.24. The van der Waals surface area contributed by atoms with Gasteiger partial charge in [-0.3, -0.25) is 0 Å². The van der Waals surface area contributed by atoms with Crippen LogP contribution in [-0.4, -0.2) is 41.2 Å². The van der Waals surface area contributed by atoms with Crippen LogP contribution in [0.2, 0.25) is 0 Å². The van der Waals surface area contributed by atoms with Crippen LogP contribution in [0.15, 0.2) is 18.2 Å². The Morgan fingerprint density at radius 1 is 1.39 bits per heavy atom. The van der Waals surface area contributed by atoms with Crippen molar-refractivity contribution < 1.29 is 9.53 Å². The fourth-order valence-electron chi connectivity index (χ4n) is 2.78. The molecule has 1 aromatic heterocycles. The molecule has 23 heavy (non-hydrogen) atoms. The van der Waals surface area contributed by atoms with Gasteiger partial charge in [-0.15, -0.1) is 0 Å². The van der Waals surface area contributed by atoms with Gasteiger partial charge in [-0.1, -0.05) is 12.1 Å². The van der Waals surface area contributed by atoms with Crippen LogP contribution >= 0.6 is 0 Å². The molecule has 3 heterocycles. The molecule has 0 aromatic carbocycles. The summed E-state index contributed by atoms with van der Waals surface area (Å²) in [5.74, 6) is 1.40. The lowest BCUT2D eigenvalue weighted by Crippen LogP contribution is -2.50. The van der Waals surface area contributed by atoms with Gasteiger partial charge >= 0.3 is 6.09 Å². The molecular formula is C18H25N3O2. The van der Waals surface area contributed by atoms with Crippen LogP contribution in [0.3, 0.4) is 0 Å². The van der Waals surface area contributed by atoms with Crippen LogP contribution in [0.1, 0.15) is 38.4 Å². The summed E-state index contributed by atoms with van der Waals surface area (Å²) in [6, 6.07) is 4.22. The Morgan fingerprint density at radius 2 is 2.17 bits per heavy atom. The lowest BCUT2D eigenvalue weighted by Gasteiger charge is -2.38. The molecule has 0 saturated carbocycles. The molecule has 5 nitrogen and oxygen atoms in total. The smallest absolute Gasteiger partial charge is 0.410 e. The quantitative estimate of drug-likeness (QED) is 0.909. The first-order chi connectivity index (χ1) is 10.9. The summed E-state index contributed by atoms with van der Waals surface area (Å²) in [5, 5.41) is 3.35. The van der Waals surface area contributed by atoms with Crippen molar-refractivity contribution in [2.45, 2.75) is 39.2 Å². The van der Waals surface area contributed by atoms with E-state index < -0.39 is 5.60 Å². The standard InChI is InChI=1S/C18H25N3O2/c1-18(2,3)23-17(22)21-11-13(12-21)6-8-15-9-7-14-5-4-10-19-16(14)20-15/h6-9,13H,4-5,10-12H2,1-3H3,(H,19,20). The number of carbonyl (C=O) groups is 1. The molecule has 1 saturated heterocycles. The maximum Gasteiger partial charge on any atom is 0.410 e. The Balaban J connectivity index is 1.52. The van der Waals surface area contributed by atoms with E-state index in [2.05, 4.69) is 28.5 Å². The largest absolute Gasteiger partial charge is 0.444 e. The molecule has 0 atom stereocenters. The van der Waals surface area contributed by atoms with Crippen molar-refractivity contribution in [1.82, 2.24) is 9.88 Å². The average Bonchev–Trinajstić information content (AvgIpc) is 2.43. The fraction of sp³-hybridized carbons (Fsp3) is 0.556. The van der Waals surface area contributed by atoms with Crippen LogP contribution < -0.4 is 5.32 Å². The van der Waals surface area contributed by atoms with E-state index in [1.54, 1.807) is 4.90 Å². The molecule has 3 rings (SSSR count). The van der Waals surface area contributed by atoms with Gasteiger partial charge < -0.3 is 15.0 Å². The maximum absolute atomic E-state index is 11.9. The van der Waals surface area contributed by atoms with E-state index in [1.807, 2.05) is 26.8 Å². The molecule has 0 spiro atoms. The summed E-state index contributed by atoms with van der Waals surface area (Å²) in [4.78, 5) is 18.3. The van der Waals surface area contributed by atoms with E-state index in [0.717, 1.165) is 24.5 Å².